The molecule has 0 aromatic carbocycles. The molecule has 1 N–H and O–H groups in total. The van der Waals surface area contributed by atoms with Crippen molar-refractivity contribution < 1.29 is 69.9 Å². The van der Waals surface area contributed by atoms with E-state index in [1.54, 1.807) is 26.0 Å². The highest BCUT2D eigenvalue weighted by molar-refractivity contribution is 7.89. The molecule has 0 spiro atoms. The van der Waals surface area contributed by atoms with Gasteiger partial charge in [0.25, 0.3) is 11.3 Å². The Hall–Kier alpha value is -1.15. The van der Waals surface area contributed by atoms with E-state index < -0.39 is 83.4 Å². The summed E-state index contributed by atoms with van der Waals surface area (Å²) in [4.78, 5) is 1.69. The molecule has 43 heavy (non-hydrogen) atoms. The first-order valence-electron chi connectivity index (χ1n) is 13.1. The van der Waals surface area contributed by atoms with Gasteiger partial charge in [-0.2, -0.15) is 52.7 Å². The van der Waals surface area contributed by atoms with Gasteiger partial charge in [-0.25, -0.2) is 21.5 Å². The second-order valence-corrected chi connectivity index (χ2v) is 11.9. The van der Waals surface area contributed by atoms with E-state index in [9.17, 15) is 69.9 Å². The molecule has 0 radical (unpaired) electrons. The molecule has 0 aliphatic heterocycles. The molecule has 0 fully saturated rings. The van der Waals surface area contributed by atoms with Crippen molar-refractivity contribution in [2.24, 2.45) is 5.92 Å². The van der Waals surface area contributed by atoms with Gasteiger partial charge in [-0.3, -0.25) is 0 Å². The highest BCUT2D eigenvalue weighted by Gasteiger charge is 2.75. The predicted molar refractivity (Wildman–Crippen MR) is 132 cm³/mol. The maximum absolute atomic E-state index is 14.3. The number of hydrogen-bond acceptors (Lipinski definition) is 4. The predicted octanol–water partition coefficient (Wildman–Crippen LogP) is 7.05. The fourth-order valence-corrected chi connectivity index (χ4v) is 5.53. The van der Waals surface area contributed by atoms with Crippen LogP contribution in [-0.4, -0.2) is 107 Å². The van der Waals surface area contributed by atoms with Crippen LogP contribution in [0.5, 0.6) is 0 Å². The lowest BCUT2D eigenvalue weighted by atomic mass is 9.80. The zero-order valence-electron chi connectivity index (χ0n) is 24.3. The van der Waals surface area contributed by atoms with E-state index in [0.29, 0.717) is 13.1 Å². The Morgan fingerprint density at radius 1 is 0.628 bits per heavy atom. The van der Waals surface area contributed by atoms with Crippen LogP contribution in [-0.2, 0) is 10.0 Å². The van der Waals surface area contributed by atoms with E-state index in [-0.39, 0.29) is 25.9 Å². The summed E-state index contributed by atoms with van der Waals surface area (Å²) in [5.41, 5.74) is -12.6. The number of rotatable bonds is 17. The van der Waals surface area contributed by atoms with Crippen molar-refractivity contribution in [3.8, 4) is 0 Å². The molecule has 0 aromatic rings. The van der Waals surface area contributed by atoms with Crippen LogP contribution < -0.4 is 5.32 Å². The Morgan fingerprint density at radius 2 is 1.00 bits per heavy atom. The molecule has 20 heteroatoms. The minimum Gasteiger partial charge on any atom is -0.320 e. The molecule has 0 rings (SSSR count). The summed E-state index contributed by atoms with van der Waals surface area (Å²) in [5, 5.41) is 2.73. The Bertz CT molecular complexity index is 820. The minimum absolute atomic E-state index is 0.112. The summed E-state index contributed by atoms with van der Waals surface area (Å²) >= 11 is 0. The summed E-state index contributed by atoms with van der Waals surface area (Å²) < 4.78 is 212. The number of sulfonamides is 1. The van der Waals surface area contributed by atoms with Crippen LogP contribution in [0.25, 0.3) is 0 Å². The van der Waals surface area contributed by atoms with Crippen molar-refractivity contribution in [2.45, 2.75) is 88.4 Å². The van der Waals surface area contributed by atoms with Crippen LogP contribution in [0.2, 0.25) is 0 Å². The average molecular weight is 688 g/mol. The SMILES string of the molecule is CC.CNCCCN(CCCN(C)C)S(=O)(=O)CCCC(CC(F)(C(F)(F)F)C(F)(F)F)CC(F)(C(F)(F)F)C(F)(F)F. The maximum atomic E-state index is 14.3. The summed E-state index contributed by atoms with van der Waals surface area (Å²) in [6.45, 7) is 4.48. The Balaban J connectivity index is 0. The van der Waals surface area contributed by atoms with E-state index in [1.807, 2.05) is 13.8 Å². The second kappa shape index (κ2) is 17.0. The summed E-state index contributed by atoms with van der Waals surface area (Å²) in [6, 6.07) is 0. The van der Waals surface area contributed by atoms with Gasteiger partial charge in [0.05, 0.1) is 5.75 Å². The molecule has 0 atom stereocenters. The molecule has 0 aliphatic rings. The van der Waals surface area contributed by atoms with Gasteiger partial charge in [-0.15, -0.1) is 0 Å². The highest BCUT2D eigenvalue weighted by atomic mass is 32.2. The molecule has 5 nitrogen and oxygen atoms in total. The van der Waals surface area contributed by atoms with Gasteiger partial charge in [0.15, 0.2) is 0 Å². The first-order valence-corrected chi connectivity index (χ1v) is 14.7. The first-order chi connectivity index (χ1) is 19.2. The van der Waals surface area contributed by atoms with Crippen LogP contribution in [0, 0.1) is 5.92 Å². The van der Waals surface area contributed by atoms with E-state index in [2.05, 4.69) is 5.32 Å². The number of alkyl halides is 14. The van der Waals surface area contributed by atoms with E-state index >= 15 is 0 Å². The minimum atomic E-state index is -6.85. The van der Waals surface area contributed by atoms with Gasteiger partial charge in [0.1, 0.15) is 0 Å². The summed E-state index contributed by atoms with van der Waals surface area (Å²) in [7, 11) is 0.492. The molecule has 0 aliphatic carbocycles. The van der Waals surface area contributed by atoms with Crippen LogP contribution in [0.4, 0.5) is 61.5 Å². The second-order valence-electron chi connectivity index (χ2n) is 9.84. The van der Waals surface area contributed by atoms with Crippen molar-refractivity contribution in [3.63, 3.8) is 0 Å². The quantitative estimate of drug-likeness (QED) is 0.132. The maximum Gasteiger partial charge on any atom is 0.431 e. The topological polar surface area (TPSA) is 52.6 Å². The fourth-order valence-electron chi connectivity index (χ4n) is 3.93. The van der Waals surface area contributed by atoms with Crippen molar-refractivity contribution in [1.29, 1.82) is 0 Å². The zero-order valence-corrected chi connectivity index (χ0v) is 25.1. The standard InChI is InChI=1S/C21H33F14N3O2S.C2H6/c1-36-8-5-10-38(11-6-9-37(2)3)41(39,40)12-4-7-15(13-16(22,18(24,25)26)19(27,28)29)14-17(23,20(30,31)32)21(33,34)35;1-2/h15,36H,4-14H2,1-3H3;1-2H3. The molecule has 0 heterocycles. The van der Waals surface area contributed by atoms with E-state index in [4.69, 9.17) is 0 Å². The van der Waals surface area contributed by atoms with Crippen molar-refractivity contribution in [3.05, 3.63) is 0 Å². The monoisotopic (exact) mass is 687 g/mol. The van der Waals surface area contributed by atoms with Gasteiger partial charge in [-0.05, 0) is 65.8 Å². The van der Waals surface area contributed by atoms with Crippen LogP contribution >= 0.6 is 0 Å². The summed E-state index contributed by atoms with van der Waals surface area (Å²) in [6.07, 6.45) is -35.6. The molecule has 0 aromatic heterocycles. The average Bonchev–Trinajstić information content (AvgIpc) is 2.81. The van der Waals surface area contributed by atoms with E-state index in [0.717, 1.165) is 4.31 Å². The largest absolute Gasteiger partial charge is 0.431 e. The Labute approximate surface area is 242 Å². The summed E-state index contributed by atoms with van der Waals surface area (Å²) in [5.74, 6) is -4.31. The van der Waals surface area contributed by atoms with Gasteiger partial charge in [0, 0.05) is 25.9 Å². The molecule has 0 saturated carbocycles. The third-order valence-electron chi connectivity index (χ3n) is 6.19. The molecular weight excluding hydrogens is 648 g/mol. The van der Waals surface area contributed by atoms with Gasteiger partial charge >= 0.3 is 24.7 Å². The normalized spacial score (nSPS) is 14.5. The molecule has 0 amide bonds. The third-order valence-corrected chi connectivity index (χ3v) is 8.15. The molecular formula is C23H39F14N3O2S. The number of nitrogens with zero attached hydrogens (tertiary/aromatic N) is 2. The van der Waals surface area contributed by atoms with Gasteiger partial charge in [-0.1, -0.05) is 13.8 Å². The van der Waals surface area contributed by atoms with Crippen LogP contribution in [0.15, 0.2) is 0 Å². The van der Waals surface area contributed by atoms with Crippen molar-refractivity contribution >= 4 is 10.0 Å². The van der Waals surface area contributed by atoms with Crippen molar-refractivity contribution in [2.75, 3.05) is 53.1 Å². The first kappa shape index (κ1) is 44.0. The Kier molecular flexibility index (Phi) is 17.3. The number of nitrogens with one attached hydrogen (secondary N) is 1. The van der Waals surface area contributed by atoms with Gasteiger partial charge < -0.3 is 10.2 Å². The third kappa shape index (κ3) is 13.0. The zero-order chi connectivity index (χ0) is 34.7. The highest BCUT2D eigenvalue weighted by Crippen LogP contribution is 2.55. The molecule has 0 saturated heterocycles. The number of hydrogen-bond donors (Lipinski definition) is 1. The lowest BCUT2D eigenvalue weighted by Crippen LogP contribution is -2.57. The van der Waals surface area contributed by atoms with Crippen LogP contribution in [0.1, 0.15) is 52.4 Å². The van der Waals surface area contributed by atoms with Crippen molar-refractivity contribution in [1.82, 2.24) is 14.5 Å². The fraction of sp³-hybridized carbons (Fsp3) is 1.00. The van der Waals surface area contributed by atoms with E-state index in [1.165, 1.54) is 0 Å². The molecule has 0 bridgehead atoms. The number of halogens is 14. The van der Waals surface area contributed by atoms with Crippen LogP contribution in [0.3, 0.4) is 0 Å². The lowest BCUT2D eigenvalue weighted by molar-refractivity contribution is -0.356. The Morgan fingerprint density at radius 3 is 1.33 bits per heavy atom. The van der Waals surface area contributed by atoms with Gasteiger partial charge in [0.2, 0.25) is 10.0 Å². The molecule has 262 valence electrons. The lowest BCUT2D eigenvalue weighted by Gasteiger charge is -2.37. The molecule has 0 unspecified atom stereocenters. The smallest absolute Gasteiger partial charge is 0.320 e.